The zero-order valence-electron chi connectivity index (χ0n) is 6.12. The van der Waals surface area contributed by atoms with Gasteiger partial charge in [-0.2, -0.15) is 0 Å². The molecule has 1 fully saturated rings. The van der Waals surface area contributed by atoms with Crippen LogP contribution < -0.4 is 5.73 Å². The predicted octanol–water partition coefficient (Wildman–Crippen LogP) is -0.909. The Morgan fingerprint density at radius 2 is 1.73 bits per heavy atom. The molecule has 0 aromatic rings. The average Bonchev–Trinajstić information content (AvgIpc) is 1.97. The molecular weight excluding hydrogens is 166 g/mol. The fraction of sp³-hybridized carbons (Fsp3) is 0.833. The van der Waals surface area contributed by atoms with E-state index in [1.165, 1.54) is 0 Å². The zero-order valence-corrected chi connectivity index (χ0v) is 6.93. The van der Waals surface area contributed by atoms with E-state index in [1.54, 1.807) is 0 Å². The predicted molar refractivity (Wildman–Crippen MR) is 40.9 cm³/mol. The first-order valence-electron chi connectivity index (χ1n) is 3.43. The summed E-state index contributed by atoms with van der Waals surface area (Å²) in [6, 6.07) is 0. The number of carbonyl (C=O) groups is 1. The van der Waals surface area contributed by atoms with Crippen LogP contribution in [0.1, 0.15) is 12.8 Å². The second-order valence-corrected chi connectivity index (χ2v) is 5.31. The molecule has 0 aromatic carbocycles. The van der Waals surface area contributed by atoms with E-state index >= 15 is 0 Å². The third-order valence-corrected chi connectivity index (χ3v) is 3.64. The second-order valence-electron chi connectivity index (χ2n) is 3.00. The van der Waals surface area contributed by atoms with Crippen LogP contribution in [0.25, 0.3) is 0 Å². The number of hydrogen-bond acceptors (Lipinski definition) is 4. The van der Waals surface area contributed by atoms with E-state index in [4.69, 9.17) is 5.73 Å². The van der Waals surface area contributed by atoms with Crippen molar-refractivity contribution in [2.24, 2.45) is 5.73 Å². The lowest BCUT2D eigenvalue weighted by Gasteiger charge is -2.26. The molecule has 0 atom stereocenters. The zero-order chi connectivity index (χ0) is 8.54. The summed E-state index contributed by atoms with van der Waals surface area (Å²) in [5.74, 6) is 0.0878. The van der Waals surface area contributed by atoms with Gasteiger partial charge < -0.3 is 10.5 Å². The van der Waals surface area contributed by atoms with E-state index in [2.05, 4.69) is 0 Å². The molecule has 0 saturated carbocycles. The van der Waals surface area contributed by atoms with Crippen LogP contribution in [0.4, 0.5) is 0 Å². The Kier molecular flexibility index (Phi) is 2.02. The van der Waals surface area contributed by atoms with Crippen molar-refractivity contribution in [1.29, 1.82) is 0 Å². The molecule has 1 heterocycles. The van der Waals surface area contributed by atoms with Crippen LogP contribution in [0, 0.1) is 0 Å². The van der Waals surface area contributed by atoms with E-state index in [-0.39, 0.29) is 24.3 Å². The Morgan fingerprint density at radius 3 is 2.09 bits per heavy atom. The summed E-state index contributed by atoms with van der Waals surface area (Å²) in [4.78, 5) is 10.4. The smallest absolute Gasteiger partial charge is 0.150 e. The summed E-state index contributed by atoms with van der Waals surface area (Å²) < 4.78 is 21.8. The van der Waals surface area contributed by atoms with Gasteiger partial charge in [0.05, 0.1) is 17.0 Å². The van der Waals surface area contributed by atoms with Crippen LogP contribution in [0.15, 0.2) is 0 Å². The maximum atomic E-state index is 10.9. The van der Waals surface area contributed by atoms with Crippen molar-refractivity contribution in [3.05, 3.63) is 0 Å². The third-order valence-electron chi connectivity index (χ3n) is 1.99. The van der Waals surface area contributed by atoms with Gasteiger partial charge in [-0.3, -0.25) is 0 Å². The van der Waals surface area contributed by atoms with Gasteiger partial charge in [0.25, 0.3) is 0 Å². The standard InChI is InChI=1S/C6H11NO3S/c7-6(5-8)1-3-11(9,10)4-2-6/h5H,1-4,7H2. The lowest BCUT2D eigenvalue weighted by atomic mass is 9.96. The van der Waals surface area contributed by atoms with Crippen molar-refractivity contribution in [3.63, 3.8) is 0 Å². The Bertz CT molecular complexity index is 243. The first-order chi connectivity index (χ1) is 4.97. The fourth-order valence-electron chi connectivity index (χ4n) is 1.04. The van der Waals surface area contributed by atoms with E-state index in [0.717, 1.165) is 0 Å². The number of carbonyl (C=O) groups excluding carboxylic acids is 1. The molecule has 0 radical (unpaired) electrons. The quantitative estimate of drug-likeness (QED) is 0.526. The van der Waals surface area contributed by atoms with Gasteiger partial charge in [0.15, 0.2) is 0 Å². The second kappa shape index (κ2) is 2.57. The summed E-state index contributed by atoms with van der Waals surface area (Å²) in [6.07, 6.45) is 1.18. The summed E-state index contributed by atoms with van der Waals surface area (Å²) in [5.41, 5.74) is 4.66. The summed E-state index contributed by atoms with van der Waals surface area (Å²) in [5, 5.41) is 0. The largest absolute Gasteiger partial charge is 0.319 e. The van der Waals surface area contributed by atoms with Crippen LogP contribution in [0.5, 0.6) is 0 Å². The third kappa shape index (κ3) is 2.00. The highest BCUT2D eigenvalue weighted by molar-refractivity contribution is 7.91. The lowest BCUT2D eigenvalue weighted by molar-refractivity contribution is -0.112. The molecule has 1 saturated heterocycles. The van der Waals surface area contributed by atoms with Gasteiger partial charge in [0, 0.05) is 0 Å². The Morgan fingerprint density at radius 1 is 1.27 bits per heavy atom. The monoisotopic (exact) mass is 177 g/mol. The molecule has 64 valence electrons. The molecule has 1 rings (SSSR count). The first-order valence-corrected chi connectivity index (χ1v) is 5.25. The van der Waals surface area contributed by atoms with Gasteiger partial charge in [-0.15, -0.1) is 0 Å². The Labute approximate surface area is 65.7 Å². The van der Waals surface area contributed by atoms with Gasteiger partial charge in [-0.1, -0.05) is 0 Å². The van der Waals surface area contributed by atoms with Crippen molar-refractivity contribution in [2.75, 3.05) is 11.5 Å². The number of sulfone groups is 1. The molecule has 0 aromatic heterocycles. The number of aldehydes is 1. The number of rotatable bonds is 1. The number of nitrogens with two attached hydrogens (primary N) is 1. The molecule has 1 aliphatic rings. The summed E-state index contributed by atoms with van der Waals surface area (Å²) >= 11 is 0. The van der Waals surface area contributed by atoms with E-state index < -0.39 is 15.4 Å². The maximum Gasteiger partial charge on any atom is 0.150 e. The van der Waals surface area contributed by atoms with Crippen LogP contribution >= 0.6 is 0 Å². The molecule has 1 aliphatic heterocycles. The average molecular weight is 177 g/mol. The van der Waals surface area contributed by atoms with Crippen molar-refractivity contribution >= 4 is 16.1 Å². The molecule has 0 unspecified atom stereocenters. The minimum atomic E-state index is -2.90. The van der Waals surface area contributed by atoms with Crippen LogP contribution in [-0.4, -0.2) is 31.7 Å². The molecule has 0 amide bonds. The topological polar surface area (TPSA) is 77.2 Å². The highest BCUT2D eigenvalue weighted by Crippen LogP contribution is 2.18. The van der Waals surface area contributed by atoms with Crippen LogP contribution in [0.2, 0.25) is 0 Å². The minimum Gasteiger partial charge on any atom is -0.319 e. The van der Waals surface area contributed by atoms with Crippen molar-refractivity contribution in [3.8, 4) is 0 Å². The molecule has 11 heavy (non-hydrogen) atoms. The Balaban J connectivity index is 2.69. The van der Waals surface area contributed by atoms with Crippen molar-refractivity contribution in [2.45, 2.75) is 18.4 Å². The number of hydrogen-bond donors (Lipinski definition) is 1. The van der Waals surface area contributed by atoms with Gasteiger partial charge in [0.2, 0.25) is 0 Å². The Hall–Kier alpha value is -0.420. The van der Waals surface area contributed by atoms with E-state index in [0.29, 0.717) is 6.29 Å². The minimum absolute atomic E-state index is 0.0439. The maximum absolute atomic E-state index is 10.9. The first kappa shape index (κ1) is 8.67. The fourth-order valence-corrected chi connectivity index (χ4v) is 2.62. The molecule has 0 aliphatic carbocycles. The van der Waals surface area contributed by atoms with Crippen LogP contribution in [-0.2, 0) is 14.6 Å². The molecule has 0 spiro atoms. The lowest BCUT2D eigenvalue weighted by Crippen LogP contribution is -2.48. The van der Waals surface area contributed by atoms with Crippen molar-refractivity contribution in [1.82, 2.24) is 0 Å². The highest BCUT2D eigenvalue weighted by atomic mass is 32.2. The molecule has 4 nitrogen and oxygen atoms in total. The molecule has 0 bridgehead atoms. The van der Waals surface area contributed by atoms with Gasteiger partial charge in [-0.05, 0) is 12.8 Å². The van der Waals surface area contributed by atoms with Crippen LogP contribution in [0.3, 0.4) is 0 Å². The molecule has 2 N–H and O–H groups in total. The van der Waals surface area contributed by atoms with E-state index in [9.17, 15) is 13.2 Å². The van der Waals surface area contributed by atoms with Gasteiger partial charge >= 0.3 is 0 Å². The van der Waals surface area contributed by atoms with Crippen molar-refractivity contribution < 1.29 is 13.2 Å². The highest BCUT2D eigenvalue weighted by Gasteiger charge is 2.33. The molecular formula is C6H11NO3S. The normalized spacial score (nSPS) is 27.7. The van der Waals surface area contributed by atoms with Gasteiger partial charge in [0.1, 0.15) is 16.1 Å². The van der Waals surface area contributed by atoms with E-state index in [1.807, 2.05) is 0 Å². The SMILES string of the molecule is NC1(C=O)CCS(=O)(=O)CC1. The molecule has 5 heteroatoms. The van der Waals surface area contributed by atoms with Gasteiger partial charge in [-0.25, -0.2) is 8.42 Å². The summed E-state index contributed by atoms with van der Waals surface area (Å²) in [7, 11) is -2.90. The summed E-state index contributed by atoms with van der Waals surface area (Å²) in [6.45, 7) is 0.